The van der Waals surface area contributed by atoms with Crippen LogP contribution in [0.25, 0.3) is 0 Å². The van der Waals surface area contributed by atoms with Gasteiger partial charge in [-0.1, -0.05) is 42.5 Å². The molecule has 0 radical (unpaired) electrons. The number of carbonyl (C=O) groups is 2. The van der Waals surface area contributed by atoms with Crippen molar-refractivity contribution in [3.05, 3.63) is 83.0 Å². The highest BCUT2D eigenvalue weighted by Gasteiger charge is 2.37. The minimum absolute atomic E-state index is 0.0734. The number of aromatic hydroxyl groups is 2. The molecule has 120 valence electrons. The molecule has 24 heavy (non-hydrogen) atoms. The molecule has 1 aliphatic rings. The molecule has 4 heteroatoms. The third kappa shape index (κ3) is 2.42. The Balaban J connectivity index is 2.25. The van der Waals surface area contributed by atoms with Crippen molar-refractivity contribution < 1.29 is 19.8 Å². The lowest BCUT2D eigenvalue weighted by Gasteiger charge is -2.26. The number of carbonyl (C=O) groups excluding carboxylic acids is 2. The average molecular weight is 320 g/mol. The summed E-state index contributed by atoms with van der Waals surface area (Å²) in [5.74, 6) is -1.83. The normalized spacial score (nSPS) is 14.1. The highest BCUT2D eigenvalue weighted by molar-refractivity contribution is 6.18. The number of phenols is 2. The molecule has 0 spiro atoms. The van der Waals surface area contributed by atoms with Gasteiger partial charge in [0.1, 0.15) is 11.5 Å². The van der Waals surface area contributed by atoms with E-state index in [1.54, 1.807) is 42.5 Å². The van der Waals surface area contributed by atoms with Gasteiger partial charge in [0.2, 0.25) is 5.78 Å². The number of ketones is 2. The number of rotatable bonds is 3. The van der Waals surface area contributed by atoms with E-state index in [1.807, 2.05) is 6.92 Å². The first-order valence-electron chi connectivity index (χ1n) is 7.58. The van der Waals surface area contributed by atoms with E-state index in [1.165, 1.54) is 18.2 Å². The van der Waals surface area contributed by atoms with Crippen LogP contribution in [0, 0.1) is 0 Å². The Bertz CT molecular complexity index is 835. The summed E-state index contributed by atoms with van der Waals surface area (Å²) < 4.78 is 0. The van der Waals surface area contributed by atoms with Crippen molar-refractivity contribution in [1.29, 1.82) is 0 Å². The van der Waals surface area contributed by atoms with Gasteiger partial charge in [0.05, 0.1) is 17.0 Å². The summed E-state index contributed by atoms with van der Waals surface area (Å²) >= 11 is 0. The van der Waals surface area contributed by atoms with Crippen LogP contribution in [0.2, 0.25) is 0 Å². The first-order valence-corrected chi connectivity index (χ1v) is 7.58. The van der Waals surface area contributed by atoms with Crippen LogP contribution in [-0.2, 0) is 4.79 Å². The quantitative estimate of drug-likeness (QED) is 0.671. The fourth-order valence-electron chi connectivity index (χ4n) is 3.05. The molecule has 0 unspecified atom stereocenters. The maximum atomic E-state index is 12.7. The summed E-state index contributed by atoms with van der Waals surface area (Å²) in [5.41, 5.74) is 1.05. The Morgan fingerprint density at radius 1 is 0.958 bits per heavy atom. The molecule has 0 amide bonds. The molecule has 0 aromatic heterocycles. The third-order valence-corrected chi connectivity index (χ3v) is 4.07. The van der Waals surface area contributed by atoms with Gasteiger partial charge in [0.25, 0.3) is 0 Å². The number of benzene rings is 2. The van der Waals surface area contributed by atoms with Crippen LogP contribution in [0.4, 0.5) is 0 Å². The predicted molar refractivity (Wildman–Crippen MR) is 90.5 cm³/mol. The van der Waals surface area contributed by atoms with Crippen LogP contribution in [0.15, 0.2) is 60.7 Å². The molecule has 0 heterocycles. The molecule has 1 aliphatic carbocycles. The Kier molecular flexibility index (Phi) is 4.04. The Labute approximate surface area is 139 Å². The van der Waals surface area contributed by atoms with Crippen molar-refractivity contribution in [2.75, 3.05) is 0 Å². The van der Waals surface area contributed by atoms with Crippen LogP contribution in [0.3, 0.4) is 0 Å². The minimum atomic E-state index is -0.742. The molecule has 0 saturated carbocycles. The van der Waals surface area contributed by atoms with E-state index in [2.05, 4.69) is 0 Å². The number of phenolic OH excluding ortho intramolecular Hbond substituents is 2. The fourth-order valence-corrected chi connectivity index (χ4v) is 3.05. The van der Waals surface area contributed by atoms with E-state index in [4.69, 9.17) is 0 Å². The van der Waals surface area contributed by atoms with Gasteiger partial charge in [-0.2, -0.15) is 0 Å². The van der Waals surface area contributed by atoms with Crippen LogP contribution >= 0.6 is 0 Å². The Morgan fingerprint density at radius 2 is 1.50 bits per heavy atom. The van der Waals surface area contributed by atoms with Crippen molar-refractivity contribution in [3.8, 4) is 11.5 Å². The zero-order valence-corrected chi connectivity index (χ0v) is 13.1. The van der Waals surface area contributed by atoms with Crippen molar-refractivity contribution in [1.82, 2.24) is 0 Å². The first kappa shape index (κ1) is 15.7. The van der Waals surface area contributed by atoms with Gasteiger partial charge in [0, 0.05) is 0 Å². The second-order valence-electron chi connectivity index (χ2n) is 5.53. The van der Waals surface area contributed by atoms with E-state index in [-0.39, 0.29) is 28.4 Å². The molecule has 0 fully saturated rings. The number of hydrogen-bond acceptors (Lipinski definition) is 4. The first-order chi connectivity index (χ1) is 11.6. The maximum Gasteiger partial charge on any atom is 0.201 e. The summed E-state index contributed by atoms with van der Waals surface area (Å²) in [7, 11) is 0. The van der Waals surface area contributed by atoms with Crippen molar-refractivity contribution in [3.63, 3.8) is 0 Å². The number of hydrogen-bond donors (Lipinski definition) is 2. The molecular formula is C20H16O4. The van der Waals surface area contributed by atoms with Gasteiger partial charge in [-0.05, 0) is 36.3 Å². The van der Waals surface area contributed by atoms with Crippen LogP contribution in [0.5, 0.6) is 11.5 Å². The fraction of sp³-hybridized carbons (Fsp3) is 0.100. The molecule has 2 aromatic carbocycles. The summed E-state index contributed by atoms with van der Waals surface area (Å²) in [6.45, 7) is 1.84. The van der Waals surface area contributed by atoms with E-state index < -0.39 is 11.7 Å². The standard InChI is InChI=1S/C20H16O4/c1-2-3-4-9-14(21)17-12-7-5-10-15(22)18(12)20(24)19-13(17)8-6-11-16(19)23/h2-11,17,22-23H,1H3/b3-2+,9-4+. The zero-order valence-electron chi connectivity index (χ0n) is 13.1. The van der Waals surface area contributed by atoms with Crippen LogP contribution in [-0.4, -0.2) is 21.8 Å². The molecule has 2 aromatic rings. The van der Waals surface area contributed by atoms with E-state index >= 15 is 0 Å². The highest BCUT2D eigenvalue weighted by atomic mass is 16.3. The zero-order chi connectivity index (χ0) is 17.3. The summed E-state index contributed by atoms with van der Waals surface area (Å²) in [6.07, 6.45) is 6.60. The Morgan fingerprint density at radius 3 is 2.00 bits per heavy atom. The highest BCUT2D eigenvalue weighted by Crippen LogP contribution is 2.43. The second kappa shape index (κ2) is 6.16. The lowest BCUT2D eigenvalue weighted by atomic mass is 9.75. The van der Waals surface area contributed by atoms with Gasteiger partial charge >= 0.3 is 0 Å². The largest absolute Gasteiger partial charge is 0.507 e. The smallest absolute Gasteiger partial charge is 0.201 e. The number of fused-ring (bicyclic) bond motifs is 2. The average Bonchev–Trinajstić information content (AvgIpc) is 2.55. The lowest BCUT2D eigenvalue weighted by molar-refractivity contribution is -0.115. The topological polar surface area (TPSA) is 74.6 Å². The van der Waals surface area contributed by atoms with Crippen LogP contribution in [0.1, 0.15) is 39.9 Å². The van der Waals surface area contributed by atoms with Gasteiger partial charge in [-0.25, -0.2) is 0 Å². The van der Waals surface area contributed by atoms with E-state index in [0.29, 0.717) is 11.1 Å². The summed E-state index contributed by atoms with van der Waals surface area (Å²) in [5, 5.41) is 20.2. The molecule has 0 atom stereocenters. The SMILES string of the molecule is C/C=C/C=C/C(=O)C1c2cccc(O)c2C(=O)c2c(O)cccc21. The predicted octanol–water partition coefficient (Wildman–Crippen LogP) is 3.48. The monoisotopic (exact) mass is 320 g/mol. The molecule has 4 nitrogen and oxygen atoms in total. The molecule has 2 N–H and O–H groups in total. The van der Waals surface area contributed by atoms with Crippen LogP contribution < -0.4 is 0 Å². The van der Waals surface area contributed by atoms with Crippen molar-refractivity contribution in [2.24, 2.45) is 0 Å². The summed E-state index contributed by atoms with van der Waals surface area (Å²) in [6, 6.07) is 9.33. The lowest BCUT2D eigenvalue weighted by Crippen LogP contribution is -2.24. The van der Waals surface area contributed by atoms with Crippen molar-refractivity contribution >= 4 is 11.6 Å². The molecule has 0 bridgehead atoms. The van der Waals surface area contributed by atoms with E-state index in [9.17, 15) is 19.8 Å². The van der Waals surface area contributed by atoms with Crippen molar-refractivity contribution in [2.45, 2.75) is 12.8 Å². The van der Waals surface area contributed by atoms with Gasteiger partial charge in [0.15, 0.2) is 5.78 Å². The molecule has 3 rings (SSSR count). The third-order valence-electron chi connectivity index (χ3n) is 4.07. The molecular weight excluding hydrogens is 304 g/mol. The summed E-state index contributed by atoms with van der Waals surface area (Å²) in [4.78, 5) is 25.5. The number of allylic oxidation sites excluding steroid dienone is 4. The Hall–Kier alpha value is -3.14. The van der Waals surface area contributed by atoms with Gasteiger partial charge < -0.3 is 10.2 Å². The minimum Gasteiger partial charge on any atom is -0.507 e. The maximum absolute atomic E-state index is 12.7. The van der Waals surface area contributed by atoms with E-state index in [0.717, 1.165) is 0 Å². The second-order valence-corrected chi connectivity index (χ2v) is 5.53. The molecule has 0 saturated heterocycles. The van der Waals surface area contributed by atoms with Gasteiger partial charge in [-0.3, -0.25) is 9.59 Å². The van der Waals surface area contributed by atoms with Gasteiger partial charge in [-0.15, -0.1) is 0 Å². The molecule has 0 aliphatic heterocycles.